The third kappa shape index (κ3) is 3.70. The first kappa shape index (κ1) is 14.3. The summed E-state index contributed by atoms with van der Waals surface area (Å²) in [5, 5.41) is 3.35. The van der Waals surface area contributed by atoms with E-state index in [2.05, 4.69) is 35.2 Å². The van der Waals surface area contributed by atoms with Gasteiger partial charge in [0.25, 0.3) is 0 Å². The first-order chi connectivity index (χ1) is 9.60. The Kier molecular flexibility index (Phi) is 4.56. The van der Waals surface area contributed by atoms with E-state index in [0.29, 0.717) is 0 Å². The van der Waals surface area contributed by atoms with Gasteiger partial charge >= 0.3 is 0 Å². The molecule has 106 valence electrons. The molecule has 0 aliphatic carbocycles. The number of benzene rings is 1. The van der Waals surface area contributed by atoms with Crippen LogP contribution < -0.4 is 10.1 Å². The highest BCUT2D eigenvalue weighted by molar-refractivity contribution is 5.40. The summed E-state index contributed by atoms with van der Waals surface area (Å²) in [6, 6.07) is 8.20. The van der Waals surface area contributed by atoms with E-state index in [1.54, 1.807) is 7.11 Å². The molecule has 0 fully saturated rings. The molecular formula is C16H21N3O. The van der Waals surface area contributed by atoms with Crippen molar-refractivity contribution in [3.05, 3.63) is 46.9 Å². The third-order valence-electron chi connectivity index (χ3n) is 3.07. The van der Waals surface area contributed by atoms with Crippen molar-refractivity contribution in [2.45, 2.75) is 33.7 Å². The number of anilines is 1. The predicted molar refractivity (Wildman–Crippen MR) is 81.2 cm³/mol. The van der Waals surface area contributed by atoms with Gasteiger partial charge in [-0.15, -0.1) is 0 Å². The van der Waals surface area contributed by atoms with Gasteiger partial charge in [0, 0.05) is 18.3 Å². The average molecular weight is 271 g/mol. The highest BCUT2D eigenvalue weighted by Crippen LogP contribution is 2.17. The summed E-state index contributed by atoms with van der Waals surface area (Å²) in [6.07, 6.45) is 0.913. The highest BCUT2D eigenvalue weighted by Gasteiger charge is 2.02. The van der Waals surface area contributed by atoms with Crippen LogP contribution in [-0.2, 0) is 13.0 Å². The Morgan fingerprint density at radius 2 is 1.90 bits per heavy atom. The van der Waals surface area contributed by atoms with Crippen LogP contribution in [0.1, 0.15) is 29.6 Å². The number of nitrogens with one attached hydrogen (secondary N) is 1. The largest absolute Gasteiger partial charge is 0.497 e. The van der Waals surface area contributed by atoms with Gasteiger partial charge in [-0.3, -0.25) is 0 Å². The van der Waals surface area contributed by atoms with Crippen LogP contribution in [0.3, 0.4) is 0 Å². The summed E-state index contributed by atoms with van der Waals surface area (Å²) in [5.74, 6) is 2.55. The van der Waals surface area contributed by atoms with Gasteiger partial charge in [0.2, 0.25) is 0 Å². The van der Waals surface area contributed by atoms with Gasteiger partial charge in [-0.1, -0.05) is 13.0 Å². The highest BCUT2D eigenvalue weighted by atomic mass is 16.5. The molecule has 0 aliphatic heterocycles. The molecule has 1 aromatic heterocycles. The van der Waals surface area contributed by atoms with E-state index in [1.807, 2.05) is 25.1 Å². The van der Waals surface area contributed by atoms with E-state index in [0.717, 1.165) is 36.1 Å². The van der Waals surface area contributed by atoms with E-state index in [-0.39, 0.29) is 0 Å². The second kappa shape index (κ2) is 6.37. The van der Waals surface area contributed by atoms with Crippen LogP contribution in [0.2, 0.25) is 0 Å². The number of aromatic nitrogens is 2. The fourth-order valence-corrected chi connectivity index (χ4v) is 2.14. The van der Waals surface area contributed by atoms with Crippen molar-refractivity contribution in [1.29, 1.82) is 0 Å². The Morgan fingerprint density at radius 1 is 1.10 bits per heavy atom. The van der Waals surface area contributed by atoms with Crippen LogP contribution in [0.15, 0.2) is 24.3 Å². The summed E-state index contributed by atoms with van der Waals surface area (Å²) in [7, 11) is 1.69. The number of hydrogen-bond donors (Lipinski definition) is 1. The summed E-state index contributed by atoms with van der Waals surface area (Å²) in [5.41, 5.74) is 3.42. The Labute approximate surface area is 120 Å². The number of methoxy groups -OCH3 is 1. The molecule has 0 radical (unpaired) electrons. The molecule has 0 saturated heterocycles. The molecule has 0 bridgehead atoms. The predicted octanol–water partition coefficient (Wildman–Crippen LogP) is 3.28. The van der Waals surface area contributed by atoms with Gasteiger partial charge in [-0.25, -0.2) is 9.97 Å². The third-order valence-corrected chi connectivity index (χ3v) is 3.07. The molecular weight excluding hydrogens is 250 g/mol. The van der Waals surface area contributed by atoms with Crippen molar-refractivity contribution in [2.24, 2.45) is 0 Å². The topological polar surface area (TPSA) is 47.0 Å². The number of nitrogens with zero attached hydrogens (tertiary/aromatic N) is 2. The van der Waals surface area contributed by atoms with Gasteiger partial charge in [0.1, 0.15) is 17.4 Å². The molecule has 4 nitrogen and oxygen atoms in total. The van der Waals surface area contributed by atoms with Crippen molar-refractivity contribution in [1.82, 2.24) is 9.97 Å². The zero-order valence-corrected chi connectivity index (χ0v) is 12.5. The average Bonchev–Trinajstić information content (AvgIpc) is 2.44. The number of ether oxygens (including phenoxy) is 1. The van der Waals surface area contributed by atoms with Crippen LogP contribution in [-0.4, -0.2) is 17.1 Å². The van der Waals surface area contributed by atoms with Crippen molar-refractivity contribution in [2.75, 3.05) is 12.4 Å². The normalized spacial score (nSPS) is 10.4. The maximum absolute atomic E-state index is 5.29. The maximum atomic E-state index is 5.29. The molecule has 2 rings (SSSR count). The van der Waals surface area contributed by atoms with Crippen molar-refractivity contribution >= 4 is 5.82 Å². The minimum absolute atomic E-state index is 0.720. The molecule has 2 aromatic rings. The van der Waals surface area contributed by atoms with E-state index in [9.17, 15) is 0 Å². The van der Waals surface area contributed by atoms with Gasteiger partial charge in [0.15, 0.2) is 0 Å². The maximum Gasteiger partial charge on any atom is 0.130 e. The molecule has 4 heteroatoms. The van der Waals surface area contributed by atoms with Crippen molar-refractivity contribution < 1.29 is 4.74 Å². The lowest BCUT2D eigenvalue weighted by molar-refractivity contribution is 0.414. The zero-order valence-electron chi connectivity index (χ0n) is 12.5. The molecule has 20 heavy (non-hydrogen) atoms. The summed E-state index contributed by atoms with van der Waals surface area (Å²) >= 11 is 0. The minimum Gasteiger partial charge on any atom is -0.497 e. The quantitative estimate of drug-likeness (QED) is 0.906. The molecule has 1 heterocycles. The lowest BCUT2D eigenvalue weighted by Gasteiger charge is -2.10. The van der Waals surface area contributed by atoms with E-state index in [1.165, 1.54) is 11.1 Å². The second-order valence-electron chi connectivity index (χ2n) is 4.86. The monoisotopic (exact) mass is 271 g/mol. The standard InChI is InChI=1S/C16H21N3O/c1-5-14-9-16(19-12(3)18-14)17-10-13-6-11(2)7-15(8-13)20-4/h6-9H,5,10H2,1-4H3,(H,17,18,19). The smallest absolute Gasteiger partial charge is 0.130 e. The fourth-order valence-electron chi connectivity index (χ4n) is 2.14. The summed E-state index contributed by atoms with van der Waals surface area (Å²) < 4.78 is 5.29. The van der Waals surface area contributed by atoms with Gasteiger partial charge in [0.05, 0.1) is 7.11 Å². The zero-order chi connectivity index (χ0) is 14.5. The van der Waals surface area contributed by atoms with Crippen molar-refractivity contribution in [3.8, 4) is 5.75 Å². The fraction of sp³-hybridized carbons (Fsp3) is 0.375. The van der Waals surface area contributed by atoms with Crippen LogP contribution >= 0.6 is 0 Å². The second-order valence-corrected chi connectivity index (χ2v) is 4.86. The van der Waals surface area contributed by atoms with E-state index in [4.69, 9.17) is 4.74 Å². The molecule has 1 N–H and O–H groups in total. The number of aryl methyl sites for hydroxylation is 3. The Morgan fingerprint density at radius 3 is 2.60 bits per heavy atom. The molecule has 1 aromatic carbocycles. The lowest BCUT2D eigenvalue weighted by Crippen LogP contribution is -2.05. The Bertz CT molecular complexity index is 543. The SMILES string of the molecule is CCc1cc(NCc2cc(C)cc(OC)c2)nc(C)n1. The lowest BCUT2D eigenvalue weighted by atomic mass is 10.1. The number of rotatable bonds is 5. The first-order valence-corrected chi connectivity index (χ1v) is 6.83. The minimum atomic E-state index is 0.720. The first-order valence-electron chi connectivity index (χ1n) is 6.83. The van der Waals surface area contributed by atoms with Crippen molar-refractivity contribution in [3.63, 3.8) is 0 Å². The van der Waals surface area contributed by atoms with E-state index >= 15 is 0 Å². The van der Waals surface area contributed by atoms with Gasteiger partial charge < -0.3 is 10.1 Å². The summed E-state index contributed by atoms with van der Waals surface area (Å²) in [4.78, 5) is 8.79. The van der Waals surface area contributed by atoms with E-state index < -0.39 is 0 Å². The van der Waals surface area contributed by atoms with Crippen LogP contribution in [0.25, 0.3) is 0 Å². The Balaban J connectivity index is 2.12. The van der Waals surface area contributed by atoms with Crippen LogP contribution in [0, 0.1) is 13.8 Å². The summed E-state index contributed by atoms with van der Waals surface area (Å²) in [6.45, 7) is 6.80. The van der Waals surface area contributed by atoms with Gasteiger partial charge in [-0.05, 0) is 43.5 Å². The molecule has 0 unspecified atom stereocenters. The molecule has 0 aliphatic rings. The van der Waals surface area contributed by atoms with Crippen LogP contribution in [0.4, 0.5) is 5.82 Å². The van der Waals surface area contributed by atoms with Crippen LogP contribution in [0.5, 0.6) is 5.75 Å². The molecule has 0 saturated carbocycles. The molecule has 0 atom stereocenters. The molecule has 0 spiro atoms. The molecule has 0 amide bonds. The van der Waals surface area contributed by atoms with Gasteiger partial charge in [-0.2, -0.15) is 0 Å². The number of hydrogen-bond acceptors (Lipinski definition) is 4. The Hall–Kier alpha value is -2.10.